The van der Waals surface area contributed by atoms with Crippen molar-refractivity contribution in [2.75, 3.05) is 20.2 Å². The monoisotopic (exact) mass is 310 g/mol. The maximum Gasteiger partial charge on any atom is 0.119 e. The van der Waals surface area contributed by atoms with Crippen LogP contribution in [0.25, 0.3) is 10.9 Å². The minimum Gasteiger partial charge on any atom is -0.497 e. The lowest BCUT2D eigenvalue weighted by Gasteiger charge is -2.31. The van der Waals surface area contributed by atoms with Crippen molar-refractivity contribution >= 4 is 10.9 Å². The van der Waals surface area contributed by atoms with Crippen molar-refractivity contribution in [1.82, 2.24) is 9.88 Å². The van der Waals surface area contributed by atoms with E-state index in [1.54, 1.807) is 12.7 Å². The van der Waals surface area contributed by atoms with Gasteiger partial charge >= 0.3 is 0 Å². The van der Waals surface area contributed by atoms with Crippen LogP contribution in [0.5, 0.6) is 5.75 Å². The third-order valence-electron chi connectivity index (χ3n) is 6.73. The van der Waals surface area contributed by atoms with E-state index in [9.17, 15) is 0 Å². The predicted molar refractivity (Wildman–Crippen MR) is 93.1 cm³/mol. The molecule has 0 amide bonds. The number of H-pyrrole nitrogens is 1. The van der Waals surface area contributed by atoms with Gasteiger partial charge in [-0.1, -0.05) is 13.8 Å². The Labute approximate surface area is 138 Å². The van der Waals surface area contributed by atoms with Gasteiger partial charge in [0, 0.05) is 41.6 Å². The first-order valence-corrected chi connectivity index (χ1v) is 9.10. The molecule has 0 spiro atoms. The number of aromatic amines is 1. The average Bonchev–Trinajstić information content (AvgIpc) is 3.19. The molecule has 1 saturated heterocycles. The van der Waals surface area contributed by atoms with E-state index < -0.39 is 0 Å². The van der Waals surface area contributed by atoms with Gasteiger partial charge in [0.25, 0.3) is 0 Å². The molecule has 4 atom stereocenters. The molecule has 1 aromatic carbocycles. The fourth-order valence-corrected chi connectivity index (χ4v) is 5.97. The smallest absolute Gasteiger partial charge is 0.119 e. The van der Waals surface area contributed by atoms with Crippen molar-refractivity contribution in [3.63, 3.8) is 0 Å². The van der Waals surface area contributed by atoms with Crippen LogP contribution in [-0.2, 0) is 6.42 Å². The standard InChI is InChI=1S/C20H26N2O/c1-11(2)18-12-8-16-19-14(6-7-22(10-12)20(16)18)15-9-13(23-3)4-5-17(15)21-19/h4-5,9,11-12,16,18,20-21H,6-8,10H2,1-3H3/t12-,16+,18?,20-/m1/s1. The molecule has 122 valence electrons. The van der Waals surface area contributed by atoms with Gasteiger partial charge in [0.2, 0.25) is 0 Å². The van der Waals surface area contributed by atoms with E-state index in [2.05, 4.69) is 41.9 Å². The SMILES string of the molecule is COc1ccc2[nH]c3c(c2c1)CCN1C[C@H]2C[C@@H]3[C@@H]1C2C(C)C. The van der Waals surface area contributed by atoms with Gasteiger partial charge in [0.05, 0.1) is 7.11 Å². The first-order valence-electron chi connectivity index (χ1n) is 9.10. The fraction of sp³-hybridized carbons (Fsp3) is 0.600. The molecule has 1 N–H and O–H groups in total. The molecule has 3 heteroatoms. The summed E-state index contributed by atoms with van der Waals surface area (Å²) in [7, 11) is 1.76. The molecule has 3 nitrogen and oxygen atoms in total. The second-order valence-corrected chi connectivity index (χ2v) is 8.09. The highest BCUT2D eigenvalue weighted by atomic mass is 16.5. The second kappa shape index (κ2) is 4.76. The molecule has 2 aliphatic heterocycles. The number of piperidine rings is 1. The van der Waals surface area contributed by atoms with Crippen molar-refractivity contribution in [2.45, 2.75) is 38.6 Å². The normalized spacial score (nSPS) is 32.5. The molecule has 2 fully saturated rings. The van der Waals surface area contributed by atoms with Gasteiger partial charge in [-0.15, -0.1) is 0 Å². The number of nitrogens with one attached hydrogen (secondary N) is 1. The van der Waals surface area contributed by atoms with Gasteiger partial charge in [-0.25, -0.2) is 0 Å². The van der Waals surface area contributed by atoms with Gasteiger partial charge in [0.1, 0.15) is 5.75 Å². The summed E-state index contributed by atoms with van der Waals surface area (Å²) in [4.78, 5) is 6.59. The first-order chi connectivity index (χ1) is 11.2. The third kappa shape index (κ3) is 1.80. The maximum atomic E-state index is 5.45. The van der Waals surface area contributed by atoms with Crippen molar-refractivity contribution in [2.24, 2.45) is 17.8 Å². The Bertz CT molecular complexity index is 762. The van der Waals surface area contributed by atoms with Crippen LogP contribution in [-0.4, -0.2) is 36.1 Å². The molecule has 0 radical (unpaired) electrons. The molecule has 1 aliphatic carbocycles. The Balaban J connectivity index is 1.65. The van der Waals surface area contributed by atoms with Crippen LogP contribution in [0.4, 0.5) is 0 Å². The highest BCUT2D eigenvalue weighted by Gasteiger charge is 2.55. The minimum atomic E-state index is 0.706. The summed E-state index contributed by atoms with van der Waals surface area (Å²) in [6, 6.07) is 7.24. The number of ether oxygens (including phenoxy) is 1. The molecular weight excluding hydrogens is 284 g/mol. The van der Waals surface area contributed by atoms with Crippen LogP contribution in [0.3, 0.4) is 0 Å². The van der Waals surface area contributed by atoms with E-state index in [4.69, 9.17) is 4.74 Å². The largest absolute Gasteiger partial charge is 0.497 e. The number of hydrogen-bond acceptors (Lipinski definition) is 2. The lowest BCUT2D eigenvalue weighted by Crippen LogP contribution is -2.38. The maximum absolute atomic E-state index is 5.45. The van der Waals surface area contributed by atoms with Crippen LogP contribution < -0.4 is 4.74 Å². The Kier molecular flexibility index (Phi) is 2.88. The quantitative estimate of drug-likeness (QED) is 0.914. The van der Waals surface area contributed by atoms with Crippen LogP contribution in [0.2, 0.25) is 0 Å². The van der Waals surface area contributed by atoms with Gasteiger partial charge in [-0.05, 0) is 54.4 Å². The van der Waals surface area contributed by atoms with Crippen LogP contribution in [0.1, 0.15) is 37.4 Å². The highest BCUT2D eigenvalue weighted by Crippen LogP contribution is 2.55. The molecule has 2 bridgehead atoms. The summed E-state index contributed by atoms with van der Waals surface area (Å²) in [6.45, 7) is 7.39. The Morgan fingerprint density at radius 2 is 2.17 bits per heavy atom. The number of methoxy groups -OCH3 is 1. The molecule has 1 saturated carbocycles. The third-order valence-corrected chi connectivity index (χ3v) is 6.73. The molecule has 1 aromatic heterocycles. The zero-order valence-corrected chi connectivity index (χ0v) is 14.3. The Hall–Kier alpha value is -1.48. The summed E-state index contributed by atoms with van der Waals surface area (Å²) in [5.74, 6) is 4.25. The van der Waals surface area contributed by atoms with Crippen molar-refractivity contribution in [3.05, 3.63) is 29.5 Å². The number of benzene rings is 1. The van der Waals surface area contributed by atoms with Gasteiger partial charge < -0.3 is 9.72 Å². The van der Waals surface area contributed by atoms with E-state index in [1.165, 1.54) is 42.5 Å². The molecule has 5 rings (SSSR count). The average molecular weight is 310 g/mol. The van der Waals surface area contributed by atoms with Gasteiger partial charge in [-0.2, -0.15) is 0 Å². The number of hydrogen-bond donors (Lipinski definition) is 1. The zero-order chi connectivity index (χ0) is 15.7. The summed E-state index contributed by atoms with van der Waals surface area (Å²) in [6.07, 6.45) is 2.55. The molecule has 1 unspecified atom stereocenters. The van der Waals surface area contributed by atoms with Crippen molar-refractivity contribution < 1.29 is 4.74 Å². The van der Waals surface area contributed by atoms with Crippen molar-refractivity contribution in [3.8, 4) is 5.75 Å². The highest BCUT2D eigenvalue weighted by molar-refractivity contribution is 5.86. The summed E-state index contributed by atoms with van der Waals surface area (Å²) in [5.41, 5.74) is 4.38. The number of rotatable bonds is 2. The van der Waals surface area contributed by atoms with E-state index in [0.717, 1.165) is 29.5 Å². The predicted octanol–water partition coefficient (Wildman–Crippen LogP) is 3.79. The molecule has 23 heavy (non-hydrogen) atoms. The number of nitrogens with zero attached hydrogens (tertiary/aromatic N) is 1. The molecular formula is C20H26N2O. The number of fused-ring (bicyclic) bond motifs is 5. The van der Waals surface area contributed by atoms with Crippen LogP contribution >= 0.6 is 0 Å². The van der Waals surface area contributed by atoms with E-state index in [-0.39, 0.29) is 0 Å². The first kappa shape index (κ1) is 13.9. The van der Waals surface area contributed by atoms with E-state index in [0.29, 0.717) is 5.92 Å². The minimum absolute atomic E-state index is 0.706. The van der Waals surface area contributed by atoms with Gasteiger partial charge in [0.15, 0.2) is 0 Å². The van der Waals surface area contributed by atoms with Gasteiger partial charge in [-0.3, -0.25) is 4.90 Å². The van der Waals surface area contributed by atoms with E-state index in [1.807, 2.05) is 0 Å². The second-order valence-electron chi connectivity index (χ2n) is 8.09. The summed E-state index contributed by atoms with van der Waals surface area (Å²) < 4.78 is 5.45. The van der Waals surface area contributed by atoms with Crippen LogP contribution in [0, 0.1) is 17.8 Å². The molecule has 3 heterocycles. The Morgan fingerprint density at radius 3 is 2.91 bits per heavy atom. The number of aromatic nitrogens is 1. The summed E-state index contributed by atoms with van der Waals surface area (Å²) in [5, 5.41) is 1.38. The zero-order valence-electron chi connectivity index (χ0n) is 14.3. The lowest BCUT2D eigenvalue weighted by molar-refractivity contribution is 0.185. The van der Waals surface area contributed by atoms with Crippen molar-refractivity contribution in [1.29, 1.82) is 0 Å². The fourth-order valence-electron chi connectivity index (χ4n) is 5.97. The molecule has 2 aromatic rings. The van der Waals surface area contributed by atoms with Crippen LogP contribution in [0.15, 0.2) is 18.2 Å². The molecule has 3 aliphatic rings. The topological polar surface area (TPSA) is 28.3 Å². The summed E-state index contributed by atoms with van der Waals surface area (Å²) >= 11 is 0. The van der Waals surface area contributed by atoms with E-state index >= 15 is 0 Å². The Morgan fingerprint density at radius 1 is 1.30 bits per heavy atom. The lowest BCUT2D eigenvalue weighted by atomic mass is 9.86.